The molecule has 328 valence electrons. The first-order chi connectivity index (χ1) is 28.0. The van der Waals surface area contributed by atoms with E-state index in [9.17, 15) is 49.5 Å². The van der Waals surface area contributed by atoms with E-state index in [1.165, 1.54) is 18.1 Å². The van der Waals surface area contributed by atoms with Gasteiger partial charge in [0.2, 0.25) is 5.91 Å². The molecule has 0 spiro atoms. The maximum Gasteiger partial charge on any atom is 0.335 e. The first-order valence-electron chi connectivity index (χ1n) is 20.7. The number of carbonyl (C=O) groups excluding carboxylic acids is 4. The second-order valence-electron chi connectivity index (χ2n) is 17.1. The van der Waals surface area contributed by atoms with Crippen molar-refractivity contribution in [1.82, 2.24) is 5.32 Å². The van der Waals surface area contributed by atoms with Gasteiger partial charge in [0, 0.05) is 33.3 Å². The smallest absolute Gasteiger partial charge is 0.335 e. The van der Waals surface area contributed by atoms with Crippen LogP contribution in [0.2, 0.25) is 0 Å². The molecule has 0 bridgehead atoms. The van der Waals surface area contributed by atoms with E-state index in [0.29, 0.717) is 23.5 Å². The Morgan fingerprint density at radius 3 is 2.37 bits per heavy atom. The molecule has 6 rings (SSSR count). The maximum atomic E-state index is 12.7. The number of carboxylic acids is 1. The number of nitrogens with one attached hydrogen (secondary N) is 1. The van der Waals surface area contributed by atoms with Gasteiger partial charge in [-0.3, -0.25) is 19.2 Å². The molecule has 59 heavy (non-hydrogen) atoms. The quantitative estimate of drug-likeness (QED) is 0.108. The Kier molecular flexibility index (Phi) is 14.5. The van der Waals surface area contributed by atoms with Crippen LogP contribution in [0, 0.1) is 17.3 Å². The van der Waals surface area contributed by atoms with Crippen LogP contribution in [-0.4, -0.2) is 136 Å². The van der Waals surface area contributed by atoms with E-state index in [0.717, 1.165) is 45.6 Å². The molecule has 3 aliphatic carbocycles. The summed E-state index contributed by atoms with van der Waals surface area (Å²) in [6.45, 7) is 4.58. The number of ether oxygens (including phenoxy) is 6. The number of ketones is 1. The third-order valence-corrected chi connectivity index (χ3v) is 13.4. The fourth-order valence-corrected chi connectivity index (χ4v) is 10.3. The van der Waals surface area contributed by atoms with Gasteiger partial charge >= 0.3 is 17.9 Å². The van der Waals surface area contributed by atoms with Crippen molar-refractivity contribution in [3.05, 3.63) is 29.3 Å². The Morgan fingerprint density at radius 2 is 1.66 bits per heavy atom. The maximum absolute atomic E-state index is 12.7. The van der Waals surface area contributed by atoms with Gasteiger partial charge in [0.1, 0.15) is 54.8 Å². The van der Waals surface area contributed by atoms with Crippen LogP contribution in [0.15, 0.2) is 18.2 Å². The number of amides is 1. The Balaban J connectivity index is 0.930. The molecule has 5 aliphatic rings. The van der Waals surface area contributed by atoms with Crippen molar-refractivity contribution in [2.24, 2.45) is 17.3 Å². The highest BCUT2D eigenvalue weighted by molar-refractivity contribution is 5.84. The topological polar surface area (TPSA) is 254 Å². The normalized spacial score (nSPS) is 37.6. The predicted molar refractivity (Wildman–Crippen MR) is 204 cm³/mol. The van der Waals surface area contributed by atoms with Gasteiger partial charge in [-0.05, 0) is 98.3 Å². The minimum absolute atomic E-state index is 0.00623. The molecule has 2 saturated carbocycles. The molecule has 2 saturated heterocycles. The van der Waals surface area contributed by atoms with E-state index in [2.05, 4.69) is 18.3 Å². The van der Waals surface area contributed by atoms with E-state index in [4.69, 9.17) is 28.4 Å². The number of aliphatic hydroxyl groups excluding tert-OH is 4. The van der Waals surface area contributed by atoms with Crippen molar-refractivity contribution in [3.8, 4) is 5.75 Å². The molecule has 4 fully saturated rings. The number of hydrogen-bond donors (Lipinski definition) is 6. The summed E-state index contributed by atoms with van der Waals surface area (Å²) in [6.07, 6.45) is -7.90. The average molecular weight is 834 g/mol. The Bertz CT molecular complexity index is 1710. The van der Waals surface area contributed by atoms with Crippen molar-refractivity contribution in [2.75, 3.05) is 13.7 Å². The molecule has 1 aromatic rings. The van der Waals surface area contributed by atoms with Crippen LogP contribution in [0.1, 0.15) is 102 Å². The van der Waals surface area contributed by atoms with E-state index < -0.39 is 91.6 Å². The Hall–Kier alpha value is -3.55. The van der Waals surface area contributed by atoms with Gasteiger partial charge < -0.3 is 59.3 Å². The number of benzene rings is 1. The summed E-state index contributed by atoms with van der Waals surface area (Å²) in [5.41, 5.74) is 2.51. The fourth-order valence-electron chi connectivity index (χ4n) is 10.3. The van der Waals surface area contributed by atoms with Crippen LogP contribution in [-0.2, 0) is 54.1 Å². The molecule has 1 aromatic carbocycles. The molecular weight excluding hydrogens is 774 g/mol. The highest BCUT2D eigenvalue weighted by Crippen LogP contribution is 2.61. The van der Waals surface area contributed by atoms with E-state index >= 15 is 0 Å². The standard InChI is InChI=1S/C42H59NO16/c1-20-33(43-21(2)44)37(58-41-36(51)35(50)38(54-4)39(59-41)40(52)53)34(49)29(56-20)19-55-31(47)7-5-6-23(45)9-15-32(48)57-24-10-12-25-22(18-24)8-11-27-26(25)16-17-42(3)28(27)13-14-30(42)46/h10,12,18,20,26-30,33-39,41,46,49-51H,5-9,11,13-17,19H2,1-4H3,(H,43,44)(H,52,53)/t20?,26-,27-,28+,29?,30+,33?,34?,35?,36?,37?,38?,39?,41?,42+/m1/s1. The van der Waals surface area contributed by atoms with Crippen LogP contribution < -0.4 is 10.1 Å². The number of rotatable bonds is 15. The molecule has 2 heterocycles. The number of methoxy groups -OCH3 is 1. The lowest BCUT2D eigenvalue weighted by Gasteiger charge is -2.50. The molecule has 17 heteroatoms. The number of aryl methyl sites for hydroxylation is 1. The predicted octanol–water partition coefficient (Wildman–Crippen LogP) is 1.46. The number of carbonyl (C=O) groups is 5. The first kappa shape index (κ1) is 45.0. The number of aliphatic carboxylic acids is 1. The summed E-state index contributed by atoms with van der Waals surface area (Å²) in [7, 11) is 1.14. The zero-order chi connectivity index (χ0) is 42.8. The highest BCUT2D eigenvalue weighted by atomic mass is 16.7. The SMILES string of the molecule is COC1C(C(=O)O)OC(OC2C(O)C(COC(=O)CCCC(=O)CCC(=O)Oc3ccc4c(c3)CC[C@@H]3[C@@H]4CC[C@]4(C)[C@@H](O)CC[C@@H]34)OC(C)C2NC(C)=O)C(O)C1O. The van der Waals surface area contributed by atoms with Crippen LogP contribution in [0.3, 0.4) is 0 Å². The molecule has 10 unspecified atom stereocenters. The summed E-state index contributed by atoms with van der Waals surface area (Å²) < 4.78 is 33.0. The number of Topliss-reactive ketones (excluding diaryl/α,β-unsaturated/α-hetero) is 1. The van der Waals surface area contributed by atoms with Gasteiger partial charge in [-0.25, -0.2) is 4.79 Å². The van der Waals surface area contributed by atoms with Crippen LogP contribution in [0.25, 0.3) is 0 Å². The van der Waals surface area contributed by atoms with Crippen molar-refractivity contribution >= 4 is 29.6 Å². The summed E-state index contributed by atoms with van der Waals surface area (Å²) in [5.74, 6) is -1.46. The van der Waals surface area contributed by atoms with Crippen molar-refractivity contribution < 1.29 is 77.9 Å². The average Bonchev–Trinajstić information content (AvgIpc) is 3.50. The van der Waals surface area contributed by atoms with Crippen molar-refractivity contribution in [2.45, 2.75) is 165 Å². The second kappa shape index (κ2) is 19.0. The molecule has 0 radical (unpaired) electrons. The third-order valence-electron chi connectivity index (χ3n) is 13.4. The summed E-state index contributed by atoms with van der Waals surface area (Å²) in [5, 5.41) is 55.3. The Labute approximate surface area is 343 Å². The third kappa shape index (κ3) is 9.83. The lowest BCUT2D eigenvalue weighted by Crippen LogP contribution is -2.67. The first-order valence-corrected chi connectivity index (χ1v) is 20.7. The molecule has 6 N–H and O–H groups in total. The lowest BCUT2D eigenvalue weighted by atomic mass is 9.55. The van der Waals surface area contributed by atoms with Gasteiger partial charge in [-0.15, -0.1) is 0 Å². The largest absolute Gasteiger partial charge is 0.479 e. The molecule has 17 nitrogen and oxygen atoms in total. The van der Waals surface area contributed by atoms with E-state index in [1.54, 1.807) is 6.92 Å². The summed E-state index contributed by atoms with van der Waals surface area (Å²) >= 11 is 0. The Morgan fingerprint density at radius 1 is 0.898 bits per heavy atom. The number of esters is 2. The van der Waals surface area contributed by atoms with Gasteiger partial charge in [0.25, 0.3) is 0 Å². The summed E-state index contributed by atoms with van der Waals surface area (Å²) in [6, 6.07) is 4.81. The van der Waals surface area contributed by atoms with Crippen LogP contribution in [0.4, 0.5) is 0 Å². The van der Waals surface area contributed by atoms with Crippen molar-refractivity contribution in [3.63, 3.8) is 0 Å². The second-order valence-corrected chi connectivity index (χ2v) is 17.1. The van der Waals surface area contributed by atoms with Crippen molar-refractivity contribution in [1.29, 1.82) is 0 Å². The minimum atomic E-state index is -1.80. The van der Waals surface area contributed by atoms with Gasteiger partial charge in [0.15, 0.2) is 12.4 Å². The minimum Gasteiger partial charge on any atom is -0.479 e. The molecule has 1 amide bonds. The van der Waals surface area contributed by atoms with E-state index in [1.807, 2.05) is 12.1 Å². The van der Waals surface area contributed by atoms with Gasteiger partial charge in [0.05, 0.1) is 24.7 Å². The molecule has 0 aromatic heterocycles. The zero-order valence-electron chi connectivity index (χ0n) is 34.0. The van der Waals surface area contributed by atoms with Crippen LogP contribution in [0.5, 0.6) is 5.75 Å². The van der Waals surface area contributed by atoms with Crippen LogP contribution >= 0.6 is 0 Å². The molecule has 2 aliphatic heterocycles. The van der Waals surface area contributed by atoms with Gasteiger partial charge in [-0.2, -0.15) is 0 Å². The fraction of sp³-hybridized carbons (Fsp3) is 0.738. The van der Waals surface area contributed by atoms with E-state index in [-0.39, 0.29) is 49.4 Å². The number of carboxylic acid groups (broad SMARTS) is 1. The molecule has 15 atom stereocenters. The number of fused-ring (bicyclic) bond motifs is 5. The number of hydrogen-bond acceptors (Lipinski definition) is 15. The number of aliphatic hydroxyl groups is 4. The summed E-state index contributed by atoms with van der Waals surface area (Å²) in [4.78, 5) is 61.7. The molecular formula is C42H59NO16. The highest BCUT2D eigenvalue weighted by Gasteiger charge is 2.55. The van der Waals surface area contributed by atoms with Gasteiger partial charge in [-0.1, -0.05) is 13.0 Å². The lowest BCUT2D eigenvalue weighted by molar-refractivity contribution is -0.327. The zero-order valence-corrected chi connectivity index (χ0v) is 34.0. The monoisotopic (exact) mass is 833 g/mol.